The van der Waals surface area contributed by atoms with Crippen molar-refractivity contribution in [2.24, 2.45) is 0 Å². The lowest BCUT2D eigenvalue weighted by atomic mass is 10.1. The third-order valence-electron chi connectivity index (χ3n) is 5.91. The van der Waals surface area contributed by atoms with E-state index in [1.54, 1.807) is 47.3 Å². The standard InChI is InChI=1S/C27H33N6O5P/c1-3-21-10-12-22(13-11-21)27(34)29-14-7-15-37-39(35,38-23-8-5-4-6-9-23)19-36-20(2)16-33-18-32-24-25(28)30-17-31-26(24)33/h4-6,8-13,17-18,20H,3,7,14-16,19H2,1-2H3,(H,29,34)(H2,28,30,31). The van der Waals surface area contributed by atoms with Crippen molar-refractivity contribution >= 4 is 30.5 Å². The first kappa shape index (κ1) is 28.2. The molecule has 0 bridgehead atoms. The van der Waals surface area contributed by atoms with E-state index in [1.165, 1.54) is 11.9 Å². The molecule has 0 saturated carbocycles. The molecule has 12 heteroatoms. The number of amides is 1. The minimum Gasteiger partial charge on any atom is -0.423 e. The predicted octanol–water partition coefficient (Wildman–Crippen LogP) is 4.44. The van der Waals surface area contributed by atoms with Crippen molar-refractivity contribution in [3.8, 4) is 5.75 Å². The largest absolute Gasteiger partial charge is 0.423 e. The number of nitrogens with two attached hydrogens (primary N) is 1. The number of carbonyl (C=O) groups excluding carboxylic acids is 1. The first-order valence-electron chi connectivity index (χ1n) is 12.7. The van der Waals surface area contributed by atoms with E-state index in [9.17, 15) is 9.36 Å². The van der Waals surface area contributed by atoms with Crippen LogP contribution in [0.15, 0.2) is 67.3 Å². The monoisotopic (exact) mass is 552 g/mol. The molecular weight excluding hydrogens is 519 g/mol. The highest BCUT2D eigenvalue weighted by Gasteiger charge is 2.28. The maximum atomic E-state index is 13.6. The predicted molar refractivity (Wildman–Crippen MR) is 149 cm³/mol. The fourth-order valence-corrected chi connectivity index (χ4v) is 5.25. The van der Waals surface area contributed by atoms with Gasteiger partial charge in [0.15, 0.2) is 17.8 Å². The fraction of sp³-hybridized carbons (Fsp3) is 0.333. The van der Waals surface area contributed by atoms with Gasteiger partial charge in [0.1, 0.15) is 17.6 Å². The first-order chi connectivity index (χ1) is 18.9. The van der Waals surface area contributed by atoms with Crippen LogP contribution in [0.4, 0.5) is 5.82 Å². The molecule has 0 saturated heterocycles. The second kappa shape index (κ2) is 13.3. The molecule has 0 aliphatic rings. The normalized spacial score (nSPS) is 13.6. The summed E-state index contributed by atoms with van der Waals surface area (Å²) in [5.41, 5.74) is 8.72. The topological polar surface area (TPSA) is 143 Å². The molecule has 2 unspecified atom stereocenters. The van der Waals surface area contributed by atoms with Gasteiger partial charge in [-0.15, -0.1) is 0 Å². The van der Waals surface area contributed by atoms with E-state index in [0.717, 1.165) is 6.42 Å². The summed E-state index contributed by atoms with van der Waals surface area (Å²) in [6.45, 7) is 4.76. The number of para-hydroxylation sites is 1. The molecule has 0 radical (unpaired) electrons. The van der Waals surface area contributed by atoms with Gasteiger partial charge < -0.3 is 24.9 Å². The number of aromatic nitrogens is 4. The summed E-state index contributed by atoms with van der Waals surface area (Å²) in [5.74, 6) is 0.540. The average Bonchev–Trinajstić information content (AvgIpc) is 3.36. The Labute approximate surface area is 227 Å². The number of carbonyl (C=O) groups is 1. The molecule has 0 fully saturated rings. The van der Waals surface area contributed by atoms with Gasteiger partial charge in [0.2, 0.25) is 0 Å². The summed E-state index contributed by atoms with van der Waals surface area (Å²) in [6, 6.07) is 16.3. The van der Waals surface area contributed by atoms with E-state index < -0.39 is 7.60 Å². The number of rotatable bonds is 14. The molecule has 3 N–H and O–H groups in total. The van der Waals surface area contributed by atoms with E-state index in [1.807, 2.05) is 25.1 Å². The Morgan fingerprint density at radius 1 is 1.10 bits per heavy atom. The minimum absolute atomic E-state index is 0.110. The quantitative estimate of drug-likeness (QED) is 0.171. The maximum absolute atomic E-state index is 13.6. The van der Waals surface area contributed by atoms with Crippen LogP contribution >= 0.6 is 7.60 Å². The number of hydrogen-bond donors (Lipinski definition) is 2. The second-order valence-corrected chi connectivity index (χ2v) is 10.9. The number of anilines is 1. The van der Waals surface area contributed by atoms with Crippen LogP contribution < -0.4 is 15.6 Å². The molecule has 1 amide bonds. The van der Waals surface area contributed by atoms with E-state index in [0.29, 0.717) is 47.8 Å². The van der Waals surface area contributed by atoms with E-state index >= 15 is 0 Å². The zero-order chi connectivity index (χ0) is 27.7. The van der Waals surface area contributed by atoms with Crippen LogP contribution in [0.3, 0.4) is 0 Å². The molecule has 206 valence electrons. The zero-order valence-corrected chi connectivity index (χ0v) is 22.9. The number of fused-ring (bicyclic) bond motifs is 1. The van der Waals surface area contributed by atoms with Gasteiger partial charge in [0, 0.05) is 12.1 Å². The summed E-state index contributed by atoms with van der Waals surface area (Å²) >= 11 is 0. The Hall–Kier alpha value is -3.79. The van der Waals surface area contributed by atoms with Gasteiger partial charge in [0.05, 0.1) is 25.6 Å². The second-order valence-electron chi connectivity index (χ2n) is 8.94. The lowest BCUT2D eigenvalue weighted by molar-refractivity contribution is 0.0726. The number of hydrogen-bond acceptors (Lipinski definition) is 9. The van der Waals surface area contributed by atoms with Crippen molar-refractivity contribution in [3.05, 3.63) is 78.4 Å². The molecule has 0 aliphatic heterocycles. The van der Waals surface area contributed by atoms with Crippen molar-refractivity contribution in [1.82, 2.24) is 24.8 Å². The number of aryl methyl sites for hydroxylation is 1. The Bertz CT molecular complexity index is 1410. The molecule has 4 aromatic rings. The molecule has 11 nitrogen and oxygen atoms in total. The van der Waals surface area contributed by atoms with Crippen molar-refractivity contribution < 1.29 is 23.1 Å². The fourth-order valence-electron chi connectivity index (χ4n) is 3.78. The molecule has 2 aromatic heterocycles. The van der Waals surface area contributed by atoms with E-state index in [-0.39, 0.29) is 25.0 Å². The van der Waals surface area contributed by atoms with E-state index in [4.69, 9.17) is 19.5 Å². The van der Waals surface area contributed by atoms with E-state index in [2.05, 4.69) is 27.2 Å². The highest BCUT2D eigenvalue weighted by Crippen LogP contribution is 2.48. The Kier molecular flexibility index (Phi) is 9.64. The molecule has 39 heavy (non-hydrogen) atoms. The van der Waals surface area contributed by atoms with Crippen LogP contribution in [0.25, 0.3) is 11.2 Å². The van der Waals surface area contributed by atoms with Gasteiger partial charge in [0.25, 0.3) is 5.91 Å². The smallest absolute Gasteiger partial charge is 0.404 e. The van der Waals surface area contributed by atoms with Gasteiger partial charge in [-0.05, 0) is 49.6 Å². The van der Waals surface area contributed by atoms with Crippen molar-refractivity contribution in [2.75, 3.05) is 25.2 Å². The van der Waals surface area contributed by atoms with Crippen molar-refractivity contribution in [1.29, 1.82) is 0 Å². The molecule has 2 aromatic carbocycles. The van der Waals surface area contributed by atoms with Gasteiger partial charge in [-0.3, -0.25) is 9.32 Å². The van der Waals surface area contributed by atoms with Gasteiger partial charge in [-0.1, -0.05) is 37.3 Å². The van der Waals surface area contributed by atoms with Gasteiger partial charge >= 0.3 is 7.60 Å². The van der Waals surface area contributed by atoms with Crippen LogP contribution in [0, 0.1) is 0 Å². The minimum atomic E-state index is -3.68. The van der Waals surface area contributed by atoms with Crippen LogP contribution in [-0.2, 0) is 26.8 Å². The molecular formula is C27H33N6O5P. The van der Waals surface area contributed by atoms with Crippen LogP contribution in [0.1, 0.15) is 36.2 Å². The Morgan fingerprint density at radius 3 is 2.62 bits per heavy atom. The Morgan fingerprint density at radius 2 is 1.87 bits per heavy atom. The number of imidazole rings is 1. The van der Waals surface area contributed by atoms with Gasteiger partial charge in [-0.25, -0.2) is 19.5 Å². The first-order valence-corrected chi connectivity index (χ1v) is 14.5. The average molecular weight is 553 g/mol. The zero-order valence-electron chi connectivity index (χ0n) is 22.0. The number of benzene rings is 2. The van der Waals surface area contributed by atoms with Crippen LogP contribution in [0.2, 0.25) is 0 Å². The lowest BCUT2D eigenvalue weighted by Crippen LogP contribution is -2.25. The SMILES string of the molecule is CCc1ccc(C(=O)NCCCOP(=O)(COC(C)Cn2cnc3c(N)ncnc32)Oc2ccccc2)cc1. The molecule has 2 atom stereocenters. The molecule has 0 aliphatic carbocycles. The van der Waals surface area contributed by atoms with Crippen molar-refractivity contribution in [3.63, 3.8) is 0 Å². The highest BCUT2D eigenvalue weighted by molar-refractivity contribution is 7.54. The van der Waals surface area contributed by atoms with Gasteiger partial charge in [-0.2, -0.15) is 0 Å². The Balaban J connectivity index is 1.30. The summed E-state index contributed by atoms with van der Waals surface area (Å²) in [7, 11) is -3.68. The number of nitrogens with one attached hydrogen (secondary N) is 1. The molecule has 0 spiro atoms. The summed E-state index contributed by atoms with van der Waals surface area (Å²) in [5, 5.41) is 2.86. The third kappa shape index (κ3) is 7.86. The summed E-state index contributed by atoms with van der Waals surface area (Å²) in [6.07, 6.45) is 3.72. The maximum Gasteiger partial charge on any atom is 0.404 e. The van der Waals surface area contributed by atoms with Crippen molar-refractivity contribution in [2.45, 2.75) is 39.3 Å². The summed E-state index contributed by atoms with van der Waals surface area (Å²) in [4.78, 5) is 24.8. The van der Waals surface area contributed by atoms with Crippen LogP contribution in [-0.4, -0.2) is 51.0 Å². The molecule has 4 rings (SSSR count). The summed E-state index contributed by atoms with van der Waals surface area (Å²) < 4.78 is 32.8. The lowest BCUT2D eigenvalue weighted by Gasteiger charge is -2.22. The third-order valence-corrected chi connectivity index (χ3v) is 7.44. The number of ether oxygens (including phenoxy) is 1. The highest BCUT2D eigenvalue weighted by atomic mass is 31.2. The number of nitrogen functional groups attached to an aromatic ring is 1. The molecule has 2 heterocycles. The number of nitrogens with zero attached hydrogens (tertiary/aromatic N) is 4. The van der Waals surface area contributed by atoms with Crippen LogP contribution in [0.5, 0.6) is 5.75 Å².